The van der Waals surface area contributed by atoms with E-state index in [2.05, 4.69) is 30.6 Å². The molecule has 8 nitrogen and oxygen atoms in total. The number of nitrogens with one attached hydrogen (secondary N) is 2. The second-order valence-electron chi connectivity index (χ2n) is 4.73. The van der Waals surface area contributed by atoms with Gasteiger partial charge in [0.25, 0.3) is 0 Å². The lowest BCUT2D eigenvalue weighted by Crippen LogP contribution is -2.38. The number of ether oxygens (including phenoxy) is 1. The third kappa shape index (κ3) is 3.22. The van der Waals surface area contributed by atoms with Crippen LogP contribution in [-0.2, 0) is 4.74 Å². The fraction of sp³-hybridized carbons (Fsp3) is 0.727. The lowest BCUT2D eigenvalue weighted by Gasteiger charge is -2.27. The molecule has 0 spiro atoms. The van der Waals surface area contributed by atoms with E-state index in [0.717, 1.165) is 25.3 Å². The Morgan fingerprint density at radius 3 is 2.70 bits per heavy atom. The van der Waals surface area contributed by atoms with Gasteiger partial charge in [-0.05, 0) is 12.2 Å². The van der Waals surface area contributed by atoms with Crippen molar-refractivity contribution in [2.24, 2.45) is 5.84 Å². The smallest absolute Gasteiger partial charge is 0.243 e. The van der Waals surface area contributed by atoms with Crippen LogP contribution in [0.25, 0.3) is 0 Å². The van der Waals surface area contributed by atoms with Crippen molar-refractivity contribution in [1.82, 2.24) is 15.0 Å². The van der Waals surface area contributed by atoms with Crippen LogP contribution in [0.15, 0.2) is 0 Å². The molecule has 2 fully saturated rings. The highest BCUT2D eigenvalue weighted by atomic mass is 32.2. The van der Waals surface area contributed by atoms with Gasteiger partial charge in [0.15, 0.2) is 0 Å². The molecule has 4 N–H and O–H groups in total. The average Bonchev–Trinajstić information content (AvgIpc) is 3.00. The van der Waals surface area contributed by atoms with Gasteiger partial charge < -0.3 is 15.0 Å². The van der Waals surface area contributed by atoms with Crippen LogP contribution in [0, 0.1) is 0 Å². The van der Waals surface area contributed by atoms with Crippen molar-refractivity contribution in [1.29, 1.82) is 0 Å². The quantitative estimate of drug-likeness (QED) is 0.520. The minimum Gasteiger partial charge on any atom is -0.378 e. The van der Waals surface area contributed by atoms with Crippen LogP contribution in [0.5, 0.6) is 0 Å². The molecule has 2 saturated heterocycles. The molecule has 1 atom stereocenters. The topological polar surface area (TPSA) is 101 Å². The molecule has 1 unspecified atom stereocenters. The number of thioether (sulfide) groups is 1. The molecule has 3 heterocycles. The Kier molecular flexibility index (Phi) is 4.38. The number of hydrogen-bond donors (Lipinski definition) is 3. The second-order valence-corrected chi connectivity index (χ2v) is 5.88. The molecule has 2 aliphatic heterocycles. The van der Waals surface area contributed by atoms with E-state index in [4.69, 9.17) is 10.6 Å². The van der Waals surface area contributed by atoms with E-state index in [0.29, 0.717) is 37.1 Å². The van der Waals surface area contributed by atoms with Crippen molar-refractivity contribution in [3.8, 4) is 0 Å². The zero-order chi connectivity index (χ0) is 13.8. The third-order valence-electron chi connectivity index (χ3n) is 3.31. The number of morpholine rings is 1. The molecule has 0 saturated carbocycles. The molecule has 9 heteroatoms. The minimum absolute atomic E-state index is 0.384. The maximum Gasteiger partial charge on any atom is 0.243 e. The second kappa shape index (κ2) is 6.42. The van der Waals surface area contributed by atoms with Crippen LogP contribution in [0.4, 0.5) is 17.8 Å². The highest BCUT2D eigenvalue weighted by Crippen LogP contribution is 2.21. The highest BCUT2D eigenvalue weighted by Gasteiger charge is 2.19. The SMILES string of the molecule is NNc1nc(NC2CCSC2)nc(N2CCOCC2)n1. The number of nitrogen functional groups attached to an aromatic ring is 1. The molecule has 1 aromatic rings. The fourth-order valence-corrected chi connectivity index (χ4v) is 3.38. The number of nitrogens with two attached hydrogens (primary N) is 1. The monoisotopic (exact) mass is 297 g/mol. The molecule has 3 rings (SSSR count). The summed E-state index contributed by atoms with van der Waals surface area (Å²) >= 11 is 1.94. The van der Waals surface area contributed by atoms with E-state index in [-0.39, 0.29) is 0 Å². The number of nitrogens with zero attached hydrogens (tertiary/aromatic N) is 4. The first-order valence-electron chi connectivity index (χ1n) is 6.75. The largest absolute Gasteiger partial charge is 0.378 e. The molecule has 0 radical (unpaired) electrons. The lowest BCUT2D eigenvalue weighted by atomic mass is 10.3. The molecule has 110 valence electrons. The first kappa shape index (κ1) is 13.7. The lowest BCUT2D eigenvalue weighted by molar-refractivity contribution is 0.122. The molecule has 0 amide bonds. The molecule has 0 bridgehead atoms. The highest BCUT2D eigenvalue weighted by molar-refractivity contribution is 7.99. The van der Waals surface area contributed by atoms with Gasteiger partial charge in [-0.25, -0.2) is 5.84 Å². The third-order valence-corrected chi connectivity index (χ3v) is 4.47. The van der Waals surface area contributed by atoms with E-state index in [1.165, 1.54) is 5.75 Å². The van der Waals surface area contributed by atoms with Crippen LogP contribution in [0.3, 0.4) is 0 Å². The van der Waals surface area contributed by atoms with Crippen molar-refractivity contribution < 1.29 is 4.74 Å². The first-order valence-corrected chi connectivity index (χ1v) is 7.90. The molecular weight excluding hydrogens is 278 g/mol. The normalized spacial score (nSPS) is 22.9. The summed E-state index contributed by atoms with van der Waals surface area (Å²) in [4.78, 5) is 15.2. The summed E-state index contributed by atoms with van der Waals surface area (Å²) in [5.74, 6) is 9.33. The molecular formula is C11H19N7OS. The van der Waals surface area contributed by atoms with E-state index in [1.807, 2.05) is 11.8 Å². The van der Waals surface area contributed by atoms with Gasteiger partial charge in [-0.3, -0.25) is 5.43 Å². The summed E-state index contributed by atoms with van der Waals surface area (Å²) in [6.45, 7) is 2.96. The summed E-state index contributed by atoms with van der Waals surface area (Å²) in [5.41, 5.74) is 2.51. The Labute approximate surface area is 121 Å². The maximum absolute atomic E-state index is 5.45. The van der Waals surface area contributed by atoms with Gasteiger partial charge in [0.1, 0.15) is 0 Å². The molecule has 20 heavy (non-hydrogen) atoms. The van der Waals surface area contributed by atoms with Gasteiger partial charge in [0.2, 0.25) is 17.8 Å². The van der Waals surface area contributed by atoms with Crippen LogP contribution >= 0.6 is 11.8 Å². The van der Waals surface area contributed by atoms with Crippen molar-refractivity contribution >= 4 is 29.6 Å². The zero-order valence-electron chi connectivity index (χ0n) is 11.2. The Hall–Kier alpha value is -1.32. The Bertz CT molecular complexity index is 448. The number of aromatic nitrogens is 3. The summed E-state index contributed by atoms with van der Waals surface area (Å²) < 4.78 is 5.34. The standard InChI is InChI=1S/C11H19N7OS/c12-17-10-14-9(13-8-1-6-20-7-8)15-11(16-10)18-2-4-19-5-3-18/h8H,1-7,12H2,(H2,13,14,15,16,17). The zero-order valence-corrected chi connectivity index (χ0v) is 12.0. The van der Waals surface area contributed by atoms with Crippen molar-refractivity contribution in [2.75, 3.05) is 53.5 Å². The first-order chi connectivity index (χ1) is 9.85. The average molecular weight is 297 g/mol. The Balaban J connectivity index is 1.77. The summed E-state index contributed by atoms with van der Waals surface area (Å²) in [5, 5.41) is 3.36. The predicted octanol–water partition coefficient (Wildman–Crippen LogP) is -0.0888. The van der Waals surface area contributed by atoms with E-state index >= 15 is 0 Å². The fourth-order valence-electron chi connectivity index (χ4n) is 2.23. The summed E-state index contributed by atoms with van der Waals surface area (Å²) in [6, 6.07) is 0.422. The van der Waals surface area contributed by atoms with Crippen LogP contribution in [0.2, 0.25) is 0 Å². The van der Waals surface area contributed by atoms with Crippen LogP contribution < -0.4 is 21.5 Å². The van der Waals surface area contributed by atoms with Crippen LogP contribution in [-0.4, -0.2) is 58.8 Å². The summed E-state index contributed by atoms with van der Waals surface area (Å²) in [7, 11) is 0. The molecule has 0 aromatic carbocycles. The van der Waals surface area contributed by atoms with Crippen LogP contribution in [0.1, 0.15) is 6.42 Å². The van der Waals surface area contributed by atoms with E-state index in [9.17, 15) is 0 Å². The van der Waals surface area contributed by atoms with Crippen molar-refractivity contribution in [3.05, 3.63) is 0 Å². The number of rotatable bonds is 4. The van der Waals surface area contributed by atoms with Gasteiger partial charge in [0.05, 0.1) is 13.2 Å². The van der Waals surface area contributed by atoms with Gasteiger partial charge in [-0.1, -0.05) is 0 Å². The molecule has 2 aliphatic rings. The minimum atomic E-state index is 0.384. The summed E-state index contributed by atoms with van der Waals surface area (Å²) in [6.07, 6.45) is 1.13. The Morgan fingerprint density at radius 2 is 2.00 bits per heavy atom. The molecule has 0 aliphatic carbocycles. The number of anilines is 3. The van der Waals surface area contributed by atoms with Gasteiger partial charge in [0, 0.05) is 24.9 Å². The van der Waals surface area contributed by atoms with E-state index < -0.39 is 0 Å². The molecule has 1 aromatic heterocycles. The predicted molar refractivity (Wildman–Crippen MR) is 80.0 cm³/mol. The Morgan fingerprint density at radius 1 is 1.20 bits per heavy atom. The number of hydrazine groups is 1. The maximum atomic E-state index is 5.45. The van der Waals surface area contributed by atoms with Crippen molar-refractivity contribution in [3.63, 3.8) is 0 Å². The van der Waals surface area contributed by atoms with E-state index in [1.54, 1.807) is 0 Å². The number of hydrogen-bond acceptors (Lipinski definition) is 9. The van der Waals surface area contributed by atoms with Crippen molar-refractivity contribution in [2.45, 2.75) is 12.5 Å². The van der Waals surface area contributed by atoms with Gasteiger partial charge in [-0.2, -0.15) is 26.7 Å². The van der Waals surface area contributed by atoms with Gasteiger partial charge >= 0.3 is 0 Å². The van der Waals surface area contributed by atoms with Gasteiger partial charge in [-0.15, -0.1) is 0 Å².